The number of hydrogen-bond donors (Lipinski definition) is 0. The van der Waals surface area contributed by atoms with E-state index in [-0.39, 0.29) is 23.9 Å². The summed E-state index contributed by atoms with van der Waals surface area (Å²) in [6, 6.07) is 14.9. The van der Waals surface area contributed by atoms with Crippen LogP contribution in [0.15, 0.2) is 59.7 Å². The van der Waals surface area contributed by atoms with Gasteiger partial charge in [0.05, 0.1) is 12.0 Å². The summed E-state index contributed by atoms with van der Waals surface area (Å²) in [5.74, 6) is 0.555. The van der Waals surface area contributed by atoms with Gasteiger partial charge in [0.1, 0.15) is 11.5 Å². The van der Waals surface area contributed by atoms with E-state index in [0.717, 1.165) is 16.0 Å². The van der Waals surface area contributed by atoms with Gasteiger partial charge < -0.3 is 9.47 Å². The van der Waals surface area contributed by atoms with E-state index in [9.17, 15) is 9.59 Å². The van der Waals surface area contributed by atoms with Crippen LogP contribution < -0.4 is 9.47 Å². The van der Waals surface area contributed by atoms with Crippen LogP contribution >= 0.6 is 11.3 Å². The Morgan fingerprint density at radius 2 is 1.93 bits per heavy atom. The van der Waals surface area contributed by atoms with E-state index >= 15 is 0 Å². The minimum atomic E-state index is -0.346. The molecule has 0 radical (unpaired) electrons. The summed E-state index contributed by atoms with van der Waals surface area (Å²) in [4.78, 5) is 25.8. The van der Waals surface area contributed by atoms with Crippen LogP contribution in [0.4, 0.5) is 0 Å². The molecular formula is C23H18O4S. The number of Topliss-reactive ketones (excluding diaryl/α,β-unsaturated/α-hetero) is 1. The fourth-order valence-electron chi connectivity index (χ4n) is 3.07. The minimum absolute atomic E-state index is 0.162. The van der Waals surface area contributed by atoms with Gasteiger partial charge in [-0.15, -0.1) is 11.3 Å². The molecule has 0 saturated carbocycles. The Morgan fingerprint density at radius 1 is 1.14 bits per heavy atom. The highest BCUT2D eigenvalue weighted by Gasteiger charge is 2.30. The predicted molar refractivity (Wildman–Crippen MR) is 109 cm³/mol. The summed E-state index contributed by atoms with van der Waals surface area (Å²) < 4.78 is 11.2. The lowest BCUT2D eigenvalue weighted by molar-refractivity contribution is -0.133. The number of allylic oxidation sites excluding steroid dienone is 1. The molecule has 5 heteroatoms. The normalized spacial score (nSPS) is 14.1. The lowest BCUT2D eigenvalue weighted by Gasteiger charge is -2.07. The Labute approximate surface area is 167 Å². The van der Waals surface area contributed by atoms with Gasteiger partial charge in [0.2, 0.25) is 5.78 Å². The zero-order chi connectivity index (χ0) is 19.7. The van der Waals surface area contributed by atoms with E-state index in [4.69, 9.17) is 9.47 Å². The van der Waals surface area contributed by atoms with Gasteiger partial charge in [-0.1, -0.05) is 35.9 Å². The molecule has 1 aliphatic heterocycles. The zero-order valence-corrected chi connectivity index (χ0v) is 16.3. The van der Waals surface area contributed by atoms with Crippen molar-refractivity contribution in [3.05, 3.63) is 86.8 Å². The van der Waals surface area contributed by atoms with Crippen LogP contribution in [0.1, 0.15) is 31.9 Å². The van der Waals surface area contributed by atoms with E-state index < -0.39 is 0 Å². The number of aryl methyl sites for hydroxylation is 2. The molecule has 4 nitrogen and oxygen atoms in total. The third-order valence-electron chi connectivity index (χ3n) is 4.45. The molecule has 140 valence electrons. The van der Waals surface area contributed by atoms with Crippen molar-refractivity contribution >= 4 is 29.2 Å². The second-order valence-corrected chi connectivity index (χ2v) is 7.73. The van der Waals surface area contributed by atoms with E-state index in [1.54, 1.807) is 18.2 Å². The van der Waals surface area contributed by atoms with Crippen molar-refractivity contribution < 1.29 is 19.1 Å². The average molecular weight is 390 g/mol. The molecular weight excluding hydrogens is 372 g/mol. The lowest BCUT2D eigenvalue weighted by Crippen LogP contribution is -2.10. The van der Waals surface area contributed by atoms with Gasteiger partial charge in [-0.25, -0.2) is 0 Å². The Morgan fingerprint density at radius 3 is 2.64 bits per heavy atom. The van der Waals surface area contributed by atoms with Crippen molar-refractivity contribution in [3.63, 3.8) is 0 Å². The van der Waals surface area contributed by atoms with Crippen molar-refractivity contribution in [2.75, 3.05) is 0 Å². The number of rotatable bonds is 4. The van der Waals surface area contributed by atoms with Gasteiger partial charge in [0, 0.05) is 10.9 Å². The highest BCUT2D eigenvalue weighted by Crippen LogP contribution is 2.37. The second kappa shape index (κ2) is 7.44. The number of thiophene rings is 1. The van der Waals surface area contributed by atoms with E-state index in [2.05, 4.69) is 0 Å². The molecule has 0 atom stereocenters. The summed E-state index contributed by atoms with van der Waals surface area (Å²) in [7, 11) is 0. The largest absolute Gasteiger partial charge is 0.452 e. The average Bonchev–Trinajstić information content (AvgIpc) is 3.25. The van der Waals surface area contributed by atoms with Gasteiger partial charge in [-0.3, -0.25) is 9.59 Å². The summed E-state index contributed by atoms with van der Waals surface area (Å²) in [5, 5.41) is 1.92. The van der Waals surface area contributed by atoms with Crippen molar-refractivity contribution in [2.45, 2.75) is 20.3 Å². The molecule has 0 spiro atoms. The van der Waals surface area contributed by atoms with Crippen LogP contribution in [0.5, 0.6) is 11.5 Å². The molecule has 0 aliphatic carbocycles. The van der Waals surface area contributed by atoms with Gasteiger partial charge in [0.25, 0.3) is 0 Å². The SMILES string of the molecule is Cc1ccc(/C=C2\Oc3cc(OC(=O)Cc4cccs4)cc(C)c3C2=O)cc1. The Hall–Kier alpha value is -3.18. The lowest BCUT2D eigenvalue weighted by atomic mass is 10.0. The fraction of sp³-hybridized carbons (Fsp3) is 0.130. The van der Waals surface area contributed by atoms with Crippen LogP contribution in [-0.4, -0.2) is 11.8 Å². The minimum Gasteiger partial charge on any atom is -0.452 e. The molecule has 1 aliphatic rings. The second-order valence-electron chi connectivity index (χ2n) is 6.69. The maximum atomic E-state index is 12.7. The van der Waals surface area contributed by atoms with Crippen LogP contribution in [-0.2, 0) is 11.2 Å². The number of fused-ring (bicyclic) bond motifs is 1. The first-order valence-corrected chi connectivity index (χ1v) is 9.76. The number of benzene rings is 2. The molecule has 0 fully saturated rings. The van der Waals surface area contributed by atoms with E-state index in [1.165, 1.54) is 11.3 Å². The highest BCUT2D eigenvalue weighted by molar-refractivity contribution is 7.10. The number of esters is 1. The Balaban J connectivity index is 1.55. The summed E-state index contributed by atoms with van der Waals surface area (Å²) >= 11 is 1.51. The summed E-state index contributed by atoms with van der Waals surface area (Å²) in [6.45, 7) is 3.82. The van der Waals surface area contributed by atoms with Gasteiger partial charge in [-0.2, -0.15) is 0 Å². The van der Waals surface area contributed by atoms with Crippen LogP contribution in [0.25, 0.3) is 6.08 Å². The van der Waals surface area contributed by atoms with Gasteiger partial charge >= 0.3 is 5.97 Å². The smallest absolute Gasteiger partial charge is 0.316 e. The Bertz CT molecular complexity index is 1080. The van der Waals surface area contributed by atoms with Crippen LogP contribution in [0, 0.1) is 13.8 Å². The molecule has 3 aromatic rings. The molecule has 1 aromatic heterocycles. The molecule has 0 unspecified atom stereocenters. The van der Waals surface area contributed by atoms with Crippen molar-refractivity contribution in [3.8, 4) is 11.5 Å². The van der Waals surface area contributed by atoms with Crippen molar-refractivity contribution in [1.82, 2.24) is 0 Å². The molecule has 0 N–H and O–H groups in total. The standard InChI is InChI=1S/C23H18O4S/c1-14-5-7-16(8-6-14)11-20-23(25)22-15(2)10-17(12-19(22)27-20)26-21(24)13-18-4-3-9-28-18/h3-12H,13H2,1-2H3/b20-11-. The van der Waals surface area contributed by atoms with Gasteiger partial charge in [0.15, 0.2) is 5.76 Å². The van der Waals surface area contributed by atoms with E-state index in [0.29, 0.717) is 22.6 Å². The third kappa shape index (κ3) is 3.75. The third-order valence-corrected chi connectivity index (χ3v) is 5.33. The molecule has 2 aromatic carbocycles. The topological polar surface area (TPSA) is 52.6 Å². The molecule has 28 heavy (non-hydrogen) atoms. The maximum absolute atomic E-state index is 12.7. The number of carbonyl (C=O) groups excluding carboxylic acids is 2. The molecule has 2 heterocycles. The monoisotopic (exact) mass is 390 g/mol. The summed E-state index contributed by atoms with van der Waals surface area (Å²) in [6.07, 6.45) is 1.94. The first-order valence-electron chi connectivity index (χ1n) is 8.88. The first kappa shape index (κ1) is 18.2. The van der Waals surface area contributed by atoms with Gasteiger partial charge in [-0.05, 0) is 48.6 Å². The number of hydrogen-bond acceptors (Lipinski definition) is 5. The Kier molecular flexibility index (Phi) is 4.84. The fourth-order valence-corrected chi connectivity index (χ4v) is 3.76. The quantitative estimate of drug-likeness (QED) is 0.352. The zero-order valence-electron chi connectivity index (χ0n) is 15.5. The predicted octanol–water partition coefficient (Wildman–Crippen LogP) is 5.13. The molecule has 0 amide bonds. The highest BCUT2D eigenvalue weighted by atomic mass is 32.1. The summed E-state index contributed by atoms with van der Waals surface area (Å²) in [5.41, 5.74) is 3.26. The molecule has 0 saturated heterocycles. The van der Waals surface area contributed by atoms with Crippen molar-refractivity contribution in [1.29, 1.82) is 0 Å². The maximum Gasteiger partial charge on any atom is 0.316 e. The number of carbonyl (C=O) groups is 2. The van der Waals surface area contributed by atoms with Crippen molar-refractivity contribution in [2.24, 2.45) is 0 Å². The van der Waals surface area contributed by atoms with Crippen LogP contribution in [0.3, 0.4) is 0 Å². The first-order chi connectivity index (χ1) is 13.5. The van der Waals surface area contributed by atoms with E-state index in [1.807, 2.05) is 55.6 Å². The number of ketones is 1. The molecule has 4 rings (SSSR count). The van der Waals surface area contributed by atoms with Crippen LogP contribution in [0.2, 0.25) is 0 Å². The number of ether oxygens (including phenoxy) is 2. The molecule has 0 bridgehead atoms.